The second-order valence-corrected chi connectivity index (χ2v) is 6.06. The first-order valence-electron chi connectivity index (χ1n) is 5.60. The van der Waals surface area contributed by atoms with Crippen molar-refractivity contribution in [1.29, 1.82) is 0 Å². The van der Waals surface area contributed by atoms with Crippen molar-refractivity contribution in [3.8, 4) is 0 Å². The third-order valence-electron chi connectivity index (χ3n) is 3.47. The standard InChI is InChI=1S/C12H20O3/c1-10(2)7-12(14-5-6-15-12)8-11(3,4)9(10)13/h5-8H2,1-4H3. The highest BCUT2D eigenvalue weighted by Crippen LogP contribution is 2.50. The highest BCUT2D eigenvalue weighted by molar-refractivity contribution is 5.90. The van der Waals surface area contributed by atoms with Crippen LogP contribution in [0, 0.1) is 10.8 Å². The number of ketones is 1. The van der Waals surface area contributed by atoms with Crippen LogP contribution in [0.5, 0.6) is 0 Å². The lowest BCUT2D eigenvalue weighted by molar-refractivity contribution is -0.217. The van der Waals surface area contributed by atoms with Gasteiger partial charge in [-0.1, -0.05) is 27.7 Å². The topological polar surface area (TPSA) is 35.5 Å². The van der Waals surface area contributed by atoms with E-state index in [0.717, 1.165) is 0 Å². The molecule has 2 aliphatic rings. The fourth-order valence-electron chi connectivity index (χ4n) is 3.19. The molecule has 0 aromatic heterocycles. The van der Waals surface area contributed by atoms with Gasteiger partial charge in [0.2, 0.25) is 0 Å². The first kappa shape index (κ1) is 11.1. The summed E-state index contributed by atoms with van der Waals surface area (Å²) in [6, 6.07) is 0. The van der Waals surface area contributed by atoms with Crippen LogP contribution in [0.2, 0.25) is 0 Å². The highest BCUT2D eigenvalue weighted by Gasteiger charge is 2.56. The number of hydrogen-bond acceptors (Lipinski definition) is 3. The smallest absolute Gasteiger partial charge is 0.170 e. The van der Waals surface area contributed by atoms with Gasteiger partial charge in [0, 0.05) is 23.7 Å². The normalized spacial score (nSPS) is 32.1. The Morgan fingerprint density at radius 1 is 0.933 bits per heavy atom. The number of Topliss-reactive ketones (excluding diaryl/α,β-unsaturated/α-hetero) is 1. The number of ether oxygens (including phenoxy) is 2. The van der Waals surface area contributed by atoms with Crippen LogP contribution in [0.3, 0.4) is 0 Å². The first-order chi connectivity index (χ1) is 6.78. The zero-order valence-electron chi connectivity index (χ0n) is 10.1. The molecule has 0 N–H and O–H groups in total. The summed E-state index contributed by atoms with van der Waals surface area (Å²) < 4.78 is 11.5. The van der Waals surface area contributed by atoms with Crippen LogP contribution in [0.4, 0.5) is 0 Å². The van der Waals surface area contributed by atoms with Gasteiger partial charge in [-0.2, -0.15) is 0 Å². The summed E-state index contributed by atoms with van der Waals surface area (Å²) in [4.78, 5) is 12.2. The van der Waals surface area contributed by atoms with Crippen molar-refractivity contribution in [3.05, 3.63) is 0 Å². The molecule has 15 heavy (non-hydrogen) atoms. The van der Waals surface area contributed by atoms with Crippen LogP contribution in [-0.4, -0.2) is 24.8 Å². The molecule has 2 fully saturated rings. The van der Waals surface area contributed by atoms with Crippen LogP contribution in [0.15, 0.2) is 0 Å². The van der Waals surface area contributed by atoms with Crippen LogP contribution in [0.1, 0.15) is 40.5 Å². The van der Waals surface area contributed by atoms with E-state index >= 15 is 0 Å². The fourth-order valence-corrected chi connectivity index (χ4v) is 3.19. The second kappa shape index (κ2) is 3.05. The van der Waals surface area contributed by atoms with Crippen molar-refractivity contribution >= 4 is 5.78 Å². The summed E-state index contributed by atoms with van der Waals surface area (Å²) in [7, 11) is 0. The van der Waals surface area contributed by atoms with Crippen LogP contribution in [0.25, 0.3) is 0 Å². The van der Waals surface area contributed by atoms with Crippen molar-refractivity contribution in [2.24, 2.45) is 10.8 Å². The van der Waals surface area contributed by atoms with Crippen molar-refractivity contribution in [2.45, 2.75) is 46.3 Å². The molecule has 0 aromatic rings. The van der Waals surface area contributed by atoms with Gasteiger partial charge in [-0.05, 0) is 0 Å². The van der Waals surface area contributed by atoms with Crippen molar-refractivity contribution in [1.82, 2.24) is 0 Å². The maximum Gasteiger partial charge on any atom is 0.170 e. The van der Waals surface area contributed by atoms with E-state index in [-0.39, 0.29) is 10.8 Å². The minimum absolute atomic E-state index is 0.319. The molecule has 1 saturated carbocycles. The molecule has 1 saturated heterocycles. The van der Waals surface area contributed by atoms with Gasteiger partial charge in [0.1, 0.15) is 5.78 Å². The Kier molecular flexibility index (Phi) is 2.25. The molecule has 0 radical (unpaired) electrons. The van der Waals surface area contributed by atoms with Crippen molar-refractivity contribution in [3.63, 3.8) is 0 Å². The van der Waals surface area contributed by atoms with Crippen molar-refractivity contribution < 1.29 is 14.3 Å². The number of hydrogen-bond donors (Lipinski definition) is 0. The van der Waals surface area contributed by atoms with Gasteiger partial charge in [0.25, 0.3) is 0 Å². The minimum atomic E-state index is -0.499. The van der Waals surface area contributed by atoms with Gasteiger partial charge < -0.3 is 9.47 Å². The molecule has 86 valence electrons. The predicted octanol–water partition coefficient (Wildman–Crippen LogP) is 2.14. The van der Waals surface area contributed by atoms with E-state index < -0.39 is 5.79 Å². The van der Waals surface area contributed by atoms with Gasteiger partial charge in [-0.3, -0.25) is 4.79 Å². The first-order valence-corrected chi connectivity index (χ1v) is 5.60. The molecule has 0 unspecified atom stereocenters. The number of carbonyl (C=O) groups excluding carboxylic acids is 1. The Labute approximate surface area is 91.1 Å². The minimum Gasteiger partial charge on any atom is -0.347 e. The van der Waals surface area contributed by atoms with E-state index in [1.165, 1.54) is 0 Å². The third kappa shape index (κ3) is 1.72. The fraction of sp³-hybridized carbons (Fsp3) is 0.917. The van der Waals surface area contributed by atoms with Crippen LogP contribution < -0.4 is 0 Å². The largest absolute Gasteiger partial charge is 0.347 e. The molecule has 3 heteroatoms. The van der Waals surface area contributed by atoms with Gasteiger partial charge >= 0.3 is 0 Å². The molecule has 1 spiro atoms. The molecule has 0 bridgehead atoms. The Morgan fingerprint density at radius 2 is 1.33 bits per heavy atom. The van der Waals surface area contributed by atoms with Crippen molar-refractivity contribution in [2.75, 3.05) is 13.2 Å². The molecule has 1 heterocycles. The summed E-state index contributed by atoms with van der Waals surface area (Å²) >= 11 is 0. The summed E-state index contributed by atoms with van der Waals surface area (Å²) in [5, 5.41) is 0. The molecule has 1 aliphatic carbocycles. The predicted molar refractivity (Wildman–Crippen MR) is 56.4 cm³/mol. The second-order valence-electron chi connectivity index (χ2n) is 6.06. The Morgan fingerprint density at radius 3 is 1.73 bits per heavy atom. The Balaban J connectivity index is 2.31. The van der Waals surface area contributed by atoms with E-state index in [2.05, 4.69) is 0 Å². The quantitative estimate of drug-likeness (QED) is 0.617. The lowest BCUT2D eigenvalue weighted by atomic mass is 9.62. The van der Waals surface area contributed by atoms with E-state index in [9.17, 15) is 4.79 Å². The van der Waals surface area contributed by atoms with Gasteiger partial charge in [0.15, 0.2) is 5.79 Å². The lowest BCUT2D eigenvalue weighted by Crippen LogP contribution is -2.53. The molecule has 0 aromatic carbocycles. The van der Waals surface area contributed by atoms with Gasteiger partial charge in [-0.25, -0.2) is 0 Å². The van der Waals surface area contributed by atoms with Crippen LogP contribution >= 0.6 is 0 Å². The molecule has 3 nitrogen and oxygen atoms in total. The average molecular weight is 212 g/mol. The average Bonchev–Trinajstić information content (AvgIpc) is 2.47. The van der Waals surface area contributed by atoms with E-state index in [4.69, 9.17) is 9.47 Å². The monoisotopic (exact) mass is 212 g/mol. The van der Waals surface area contributed by atoms with Crippen LogP contribution in [-0.2, 0) is 14.3 Å². The van der Waals surface area contributed by atoms with Gasteiger partial charge in [-0.15, -0.1) is 0 Å². The van der Waals surface area contributed by atoms with E-state index in [1.807, 2.05) is 27.7 Å². The molecule has 0 amide bonds. The maximum absolute atomic E-state index is 12.2. The zero-order chi connectivity index (χ0) is 11.3. The summed E-state index contributed by atoms with van der Waals surface area (Å²) in [6.07, 6.45) is 1.37. The summed E-state index contributed by atoms with van der Waals surface area (Å²) in [5.41, 5.74) is -0.682. The molecule has 0 atom stereocenters. The highest BCUT2D eigenvalue weighted by atomic mass is 16.7. The lowest BCUT2D eigenvalue weighted by Gasteiger charge is -2.47. The molecular formula is C12H20O3. The van der Waals surface area contributed by atoms with E-state index in [1.54, 1.807) is 0 Å². The molecular weight excluding hydrogens is 192 g/mol. The maximum atomic E-state index is 12.2. The summed E-state index contributed by atoms with van der Waals surface area (Å²) in [5.74, 6) is -0.180. The van der Waals surface area contributed by atoms with Gasteiger partial charge in [0.05, 0.1) is 13.2 Å². The SMILES string of the molecule is CC1(C)CC2(CC(C)(C)C1=O)OCCO2. The Bertz CT molecular complexity index is 263. The zero-order valence-corrected chi connectivity index (χ0v) is 10.1. The number of carbonyl (C=O) groups is 1. The molecule has 1 aliphatic heterocycles. The molecule has 2 rings (SSSR count). The summed E-state index contributed by atoms with van der Waals surface area (Å²) in [6.45, 7) is 9.26. The Hall–Kier alpha value is -0.410. The number of rotatable bonds is 0. The van der Waals surface area contributed by atoms with E-state index in [0.29, 0.717) is 31.8 Å². The third-order valence-corrected chi connectivity index (χ3v) is 3.47.